The van der Waals surface area contributed by atoms with Crippen molar-refractivity contribution in [2.45, 2.75) is 44.7 Å². The number of nitro benzene ring substituents is 1. The van der Waals surface area contributed by atoms with Gasteiger partial charge in [0.15, 0.2) is 0 Å². The van der Waals surface area contributed by atoms with Gasteiger partial charge in [0.25, 0.3) is 5.69 Å². The van der Waals surface area contributed by atoms with Crippen LogP contribution in [0.5, 0.6) is 11.5 Å². The number of hydrogen-bond acceptors (Lipinski definition) is 8. The number of nitrogens with two attached hydrogens (primary N) is 2. The lowest BCUT2D eigenvalue weighted by Gasteiger charge is -2.45. The van der Waals surface area contributed by atoms with Crippen molar-refractivity contribution in [1.29, 1.82) is 0 Å². The van der Waals surface area contributed by atoms with Crippen molar-refractivity contribution in [3.8, 4) is 11.5 Å². The third kappa shape index (κ3) is 3.78. The lowest BCUT2D eigenvalue weighted by molar-refractivity contribution is -0.384. The molecular formula is C21H24N6O3. The molecular weight excluding hydrogens is 384 g/mol. The lowest BCUT2D eigenvalue weighted by atomic mass is 9.87. The van der Waals surface area contributed by atoms with E-state index in [0.29, 0.717) is 17.2 Å². The molecule has 9 heteroatoms. The van der Waals surface area contributed by atoms with Gasteiger partial charge in [-0.1, -0.05) is 24.1 Å². The Labute approximate surface area is 174 Å². The van der Waals surface area contributed by atoms with E-state index in [-0.39, 0.29) is 17.6 Å². The van der Waals surface area contributed by atoms with Crippen molar-refractivity contribution in [3.63, 3.8) is 0 Å². The molecule has 1 spiro atoms. The van der Waals surface area contributed by atoms with Crippen LogP contribution in [0.25, 0.3) is 0 Å². The molecule has 0 saturated heterocycles. The standard InChI is InChI=1S/C21H24N6O3/c1-14-5-7-17(8-6-14)30-18-12-15(11-16(13-18)27(28)29)26-20(23)24-19(22)25-21(26)9-3-2-4-10-21/h5-8,11-13H,2-4,9-10H2,1H3,(H4,22,23,24,25). The van der Waals surface area contributed by atoms with E-state index in [9.17, 15) is 10.1 Å². The smallest absolute Gasteiger partial charge is 0.275 e. The van der Waals surface area contributed by atoms with Crippen LogP contribution in [-0.4, -0.2) is 22.5 Å². The molecule has 1 fully saturated rings. The number of rotatable bonds is 4. The Hall–Kier alpha value is -3.62. The predicted octanol–water partition coefficient (Wildman–Crippen LogP) is 3.81. The molecule has 1 aliphatic carbocycles. The van der Waals surface area contributed by atoms with E-state index in [0.717, 1.165) is 37.7 Å². The molecule has 0 atom stereocenters. The minimum Gasteiger partial charge on any atom is -0.457 e. The van der Waals surface area contributed by atoms with Gasteiger partial charge in [0.2, 0.25) is 11.9 Å². The van der Waals surface area contributed by atoms with Crippen molar-refractivity contribution in [1.82, 2.24) is 0 Å². The topological polar surface area (TPSA) is 132 Å². The Morgan fingerprint density at radius 2 is 1.77 bits per heavy atom. The number of ether oxygens (including phenoxy) is 1. The average molecular weight is 408 g/mol. The van der Waals surface area contributed by atoms with Gasteiger partial charge in [-0.25, -0.2) is 4.99 Å². The Balaban J connectivity index is 1.78. The summed E-state index contributed by atoms with van der Waals surface area (Å²) in [5.41, 5.74) is 13.0. The molecule has 4 N–H and O–H groups in total. The SMILES string of the molecule is Cc1ccc(Oc2cc(N3C(N)=NC(N)=NC34CCCCC4)cc([N+](=O)[O-])c2)cc1. The number of anilines is 1. The van der Waals surface area contributed by atoms with Gasteiger partial charge in [-0.15, -0.1) is 0 Å². The fourth-order valence-corrected chi connectivity index (χ4v) is 4.10. The highest BCUT2D eigenvalue weighted by Crippen LogP contribution is 2.42. The second-order valence-corrected chi connectivity index (χ2v) is 7.68. The van der Waals surface area contributed by atoms with E-state index in [1.54, 1.807) is 11.0 Å². The summed E-state index contributed by atoms with van der Waals surface area (Å²) in [5.74, 6) is 1.23. The Morgan fingerprint density at radius 1 is 1.07 bits per heavy atom. The van der Waals surface area contributed by atoms with Crippen molar-refractivity contribution in [2.75, 3.05) is 4.90 Å². The van der Waals surface area contributed by atoms with E-state index in [2.05, 4.69) is 9.98 Å². The molecule has 1 aliphatic heterocycles. The van der Waals surface area contributed by atoms with Crippen LogP contribution >= 0.6 is 0 Å². The van der Waals surface area contributed by atoms with Crippen LogP contribution in [0.2, 0.25) is 0 Å². The molecule has 1 saturated carbocycles. The Bertz CT molecular complexity index is 1030. The first kappa shape index (κ1) is 19.7. The maximum Gasteiger partial charge on any atom is 0.275 e. The molecule has 0 amide bonds. The maximum absolute atomic E-state index is 11.6. The minimum atomic E-state index is -0.690. The number of nitro groups is 1. The van der Waals surface area contributed by atoms with Crippen molar-refractivity contribution in [2.24, 2.45) is 21.5 Å². The summed E-state index contributed by atoms with van der Waals surface area (Å²) >= 11 is 0. The van der Waals surface area contributed by atoms with Gasteiger partial charge in [0.05, 0.1) is 16.7 Å². The van der Waals surface area contributed by atoms with Crippen LogP contribution in [0.4, 0.5) is 11.4 Å². The number of non-ortho nitro benzene ring substituents is 1. The third-order valence-electron chi connectivity index (χ3n) is 5.45. The van der Waals surface area contributed by atoms with Gasteiger partial charge in [0.1, 0.15) is 17.2 Å². The molecule has 0 bridgehead atoms. The zero-order chi connectivity index (χ0) is 21.3. The average Bonchev–Trinajstić information content (AvgIpc) is 2.69. The monoisotopic (exact) mass is 408 g/mol. The minimum absolute atomic E-state index is 0.101. The number of aryl methyl sites for hydroxylation is 1. The summed E-state index contributed by atoms with van der Waals surface area (Å²) in [7, 11) is 0. The second-order valence-electron chi connectivity index (χ2n) is 7.68. The molecule has 4 rings (SSSR count). The summed E-state index contributed by atoms with van der Waals surface area (Å²) in [6.45, 7) is 1.98. The highest BCUT2D eigenvalue weighted by Gasteiger charge is 2.43. The van der Waals surface area contributed by atoms with Gasteiger partial charge in [-0.3, -0.25) is 15.0 Å². The zero-order valence-electron chi connectivity index (χ0n) is 16.7. The van der Waals surface area contributed by atoms with Crippen LogP contribution in [0.1, 0.15) is 37.7 Å². The first-order chi connectivity index (χ1) is 14.4. The molecule has 9 nitrogen and oxygen atoms in total. The van der Waals surface area contributed by atoms with E-state index >= 15 is 0 Å². The summed E-state index contributed by atoms with van der Waals surface area (Å²) < 4.78 is 5.92. The van der Waals surface area contributed by atoms with E-state index < -0.39 is 10.6 Å². The molecule has 30 heavy (non-hydrogen) atoms. The summed E-state index contributed by atoms with van der Waals surface area (Å²) in [6.07, 6.45) is 4.49. The van der Waals surface area contributed by atoms with Gasteiger partial charge in [0, 0.05) is 12.1 Å². The maximum atomic E-state index is 11.6. The normalized spacial score (nSPS) is 18.0. The fourth-order valence-electron chi connectivity index (χ4n) is 4.10. The van der Waals surface area contributed by atoms with E-state index in [1.807, 2.05) is 31.2 Å². The number of nitrogens with zero attached hydrogens (tertiary/aromatic N) is 4. The summed E-state index contributed by atoms with van der Waals surface area (Å²) in [6, 6.07) is 12.1. The van der Waals surface area contributed by atoms with E-state index in [1.165, 1.54) is 12.1 Å². The Morgan fingerprint density at radius 3 is 2.43 bits per heavy atom. The van der Waals surface area contributed by atoms with Crippen LogP contribution in [0.15, 0.2) is 52.4 Å². The first-order valence-electron chi connectivity index (χ1n) is 9.90. The molecule has 2 aromatic rings. The molecule has 0 unspecified atom stereocenters. The highest BCUT2D eigenvalue weighted by atomic mass is 16.6. The molecule has 0 aromatic heterocycles. The Kier molecular flexibility index (Phi) is 5.03. The second kappa shape index (κ2) is 7.66. The number of guanidine groups is 2. The quantitative estimate of drug-likeness (QED) is 0.584. The van der Waals surface area contributed by atoms with Gasteiger partial charge < -0.3 is 16.2 Å². The predicted molar refractivity (Wildman–Crippen MR) is 116 cm³/mol. The van der Waals surface area contributed by atoms with Gasteiger partial charge in [-0.2, -0.15) is 4.99 Å². The molecule has 2 aliphatic rings. The van der Waals surface area contributed by atoms with Crippen LogP contribution in [0.3, 0.4) is 0 Å². The summed E-state index contributed by atoms with van der Waals surface area (Å²) in [4.78, 5) is 21.7. The largest absolute Gasteiger partial charge is 0.457 e. The zero-order valence-corrected chi connectivity index (χ0v) is 16.7. The number of hydrogen-bond donors (Lipinski definition) is 2. The first-order valence-corrected chi connectivity index (χ1v) is 9.90. The summed E-state index contributed by atoms with van der Waals surface area (Å²) in [5, 5.41) is 11.6. The van der Waals surface area contributed by atoms with Gasteiger partial charge in [-0.05, 0) is 44.7 Å². The van der Waals surface area contributed by atoms with Crippen LogP contribution in [-0.2, 0) is 0 Å². The molecule has 0 radical (unpaired) electrons. The fraction of sp³-hybridized carbons (Fsp3) is 0.333. The molecule has 1 heterocycles. The van der Waals surface area contributed by atoms with E-state index in [4.69, 9.17) is 16.2 Å². The molecule has 156 valence electrons. The van der Waals surface area contributed by atoms with Crippen molar-refractivity contribution >= 4 is 23.3 Å². The van der Waals surface area contributed by atoms with Crippen molar-refractivity contribution < 1.29 is 9.66 Å². The highest BCUT2D eigenvalue weighted by molar-refractivity contribution is 6.05. The number of benzene rings is 2. The van der Waals surface area contributed by atoms with Crippen LogP contribution < -0.4 is 21.1 Å². The van der Waals surface area contributed by atoms with Crippen LogP contribution in [0, 0.1) is 17.0 Å². The third-order valence-corrected chi connectivity index (χ3v) is 5.45. The number of aliphatic imine (C=N–C) groups is 2. The van der Waals surface area contributed by atoms with Crippen molar-refractivity contribution in [3.05, 3.63) is 58.1 Å². The van der Waals surface area contributed by atoms with Gasteiger partial charge >= 0.3 is 0 Å². The molecule has 2 aromatic carbocycles. The lowest BCUT2D eigenvalue weighted by Crippen LogP contribution is -2.58.